The van der Waals surface area contributed by atoms with E-state index in [4.69, 9.17) is 4.74 Å². The number of hydrogen-bond acceptors (Lipinski definition) is 3. The Morgan fingerprint density at radius 3 is 2.38 bits per heavy atom. The highest BCUT2D eigenvalue weighted by Gasteiger charge is 2.22. The van der Waals surface area contributed by atoms with Crippen LogP contribution in [0.15, 0.2) is 12.7 Å². The Hall–Kier alpha value is -1.52. The smallest absolute Gasteiger partial charge is 0.429 e. The number of ether oxygens (including phenoxy) is 1. The molecule has 5 nitrogen and oxygen atoms in total. The molecule has 0 aliphatic rings. The minimum Gasteiger partial charge on any atom is -0.442 e. The molecule has 0 aromatic heterocycles. The molecule has 2 amide bonds. The summed E-state index contributed by atoms with van der Waals surface area (Å²) in [7, 11) is 0. The molecule has 0 spiro atoms. The number of nitrogens with one attached hydrogen (secondary N) is 1. The largest absolute Gasteiger partial charge is 0.442 e. The molecule has 0 saturated carbocycles. The number of rotatable bonds is 3. The second-order valence-electron chi connectivity index (χ2n) is 4.31. The lowest BCUT2D eigenvalue weighted by Gasteiger charge is -2.26. The Balaban J connectivity index is 4.46. The fourth-order valence-electron chi connectivity index (χ4n) is 0.912. The van der Waals surface area contributed by atoms with Crippen LogP contribution in [-0.2, 0) is 9.53 Å². The highest BCUT2D eigenvalue weighted by Crippen LogP contribution is 2.09. The highest BCUT2D eigenvalue weighted by atomic mass is 16.6. The van der Waals surface area contributed by atoms with Crippen molar-refractivity contribution in [3.8, 4) is 0 Å². The predicted octanol–water partition coefficient (Wildman–Crippen LogP) is 1.85. The van der Waals surface area contributed by atoms with Crippen LogP contribution in [0.2, 0.25) is 0 Å². The molecule has 0 aromatic rings. The van der Waals surface area contributed by atoms with E-state index in [9.17, 15) is 9.59 Å². The van der Waals surface area contributed by atoms with Gasteiger partial charge in [0.15, 0.2) is 0 Å². The van der Waals surface area contributed by atoms with Crippen molar-refractivity contribution in [2.45, 2.75) is 39.7 Å². The molecule has 0 fully saturated rings. The standard InChI is InChI=1S/C11H20N2O3/c1-6-8-13(12-9(14)7-2)10(15)16-11(3,4)5/h7H,2,6,8H2,1,3-5H3,(H,12,14). The topological polar surface area (TPSA) is 58.6 Å². The van der Waals surface area contributed by atoms with Crippen LogP contribution in [0.25, 0.3) is 0 Å². The molecule has 1 N–H and O–H groups in total. The SMILES string of the molecule is C=CC(=O)NN(CCC)C(=O)OC(C)(C)C. The molecule has 92 valence electrons. The normalized spacial score (nSPS) is 10.5. The van der Waals surface area contributed by atoms with Crippen LogP contribution in [0.5, 0.6) is 0 Å². The first-order valence-electron chi connectivity index (χ1n) is 5.23. The predicted molar refractivity (Wildman–Crippen MR) is 61.6 cm³/mol. The Morgan fingerprint density at radius 1 is 1.44 bits per heavy atom. The van der Waals surface area contributed by atoms with Crippen molar-refractivity contribution < 1.29 is 14.3 Å². The third-order valence-electron chi connectivity index (χ3n) is 1.49. The van der Waals surface area contributed by atoms with Crippen LogP contribution in [0.1, 0.15) is 34.1 Å². The van der Waals surface area contributed by atoms with Gasteiger partial charge < -0.3 is 4.74 Å². The van der Waals surface area contributed by atoms with E-state index < -0.39 is 17.6 Å². The average Bonchev–Trinajstić information content (AvgIpc) is 2.14. The quantitative estimate of drug-likeness (QED) is 0.592. The Morgan fingerprint density at radius 2 is 2.00 bits per heavy atom. The lowest BCUT2D eigenvalue weighted by atomic mass is 10.2. The number of hydrazine groups is 1. The third-order valence-corrected chi connectivity index (χ3v) is 1.49. The van der Waals surface area contributed by atoms with Crippen LogP contribution in [0, 0.1) is 0 Å². The van der Waals surface area contributed by atoms with Gasteiger partial charge in [0.2, 0.25) is 0 Å². The van der Waals surface area contributed by atoms with Crippen molar-refractivity contribution in [3.63, 3.8) is 0 Å². The van der Waals surface area contributed by atoms with Crippen LogP contribution in [0.4, 0.5) is 4.79 Å². The van der Waals surface area contributed by atoms with E-state index in [0.717, 1.165) is 17.5 Å². The first-order chi connectivity index (χ1) is 7.30. The maximum absolute atomic E-state index is 11.7. The number of amides is 2. The number of carbonyl (C=O) groups is 2. The Labute approximate surface area is 96.4 Å². The van der Waals surface area contributed by atoms with Crippen molar-refractivity contribution in [2.75, 3.05) is 6.54 Å². The van der Waals surface area contributed by atoms with Gasteiger partial charge in [0, 0.05) is 6.54 Å². The third kappa shape index (κ3) is 6.06. The number of nitrogens with zero attached hydrogens (tertiary/aromatic N) is 1. The first-order valence-corrected chi connectivity index (χ1v) is 5.23. The monoisotopic (exact) mass is 228 g/mol. The first kappa shape index (κ1) is 14.5. The summed E-state index contributed by atoms with van der Waals surface area (Å²) in [4.78, 5) is 22.7. The Kier molecular flexibility index (Phi) is 5.56. The molecule has 0 bridgehead atoms. The molecule has 0 aliphatic carbocycles. The van der Waals surface area contributed by atoms with Gasteiger partial charge in [-0.3, -0.25) is 10.2 Å². The van der Waals surface area contributed by atoms with Crippen molar-refractivity contribution >= 4 is 12.0 Å². The minimum atomic E-state index is -0.581. The van der Waals surface area contributed by atoms with Crippen LogP contribution < -0.4 is 5.43 Å². The zero-order valence-electron chi connectivity index (χ0n) is 10.4. The van der Waals surface area contributed by atoms with Crippen molar-refractivity contribution in [3.05, 3.63) is 12.7 Å². The van der Waals surface area contributed by atoms with E-state index in [-0.39, 0.29) is 0 Å². The summed E-state index contributed by atoms with van der Waals surface area (Å²) in [6.07, 6.45) is 1.26. The number of carbonyl (C=O) groups excluding carboxylic acids is 2. The van der Waals surface area contributed by atoms with Gasteiger partial charge in [-0.25, -0.2) is 9.80 Å². The van der Waals surface area contributed by atoms with Crippen molar-refractivity contribution in [1.29, 1.82) is 0 Å². The van der Waals surface area contributed by atoms with E-state index in [2.05, 4.69) is 12.0 Å². The van der Waals surface area contributed by atoms with Gasteiger partial charge in [-0.2, -0.15) is 0 Å². The molecule has 0 atom stereocenters. The van der Waals surface area contributed by atoms with Gasteiger partial charge in [0.05, 0.1) is 0 Å². The summed E-state index contributed by atoms with van der Waals surface area (Å²) in [6, 6.07) is 0. The number of hydrogen-bond donors (Lipinski definition) is 1. The molecule has 0 aliphatic heterocycles. The van der Waals surface area contributed by atoms with Gasteiger partial charge in [0.1, 0.15) is 5.60 Å². The summed E-state index contributed by atoms with van der Waals surface area (Å²) < 4.78 is 5.14. The molecule has 16 heavy (non-hydrogen) atoms. The summed E-state index contributed by atoms with van der Waals surface area (Å²) in [5.74, 6) is -0.431. The summed E-state index contributed by atoms with van der Waals surface area (Å²) >= 11 is 0. The summed E-state index contributed by atoms with van der Waals surface area (Å²) in [6.45, 7) is 10.9. The van der Waals surface area contributed by atoms with E-state index in [1.54, 1.807) is 20.8 Å². The second kappa shape index (κ2) is 6.15. The van der Waals surface area contributed by atoms with Crippen LogP contribution >= 0.6 is 0 Å². The van der Waals surface area contributed by atoms with Gasteiger partial charge in [0.25, 0.3) is 5.91 Å². The molecule has 0 unspecified atom stereocenters. The average molecular weight is 228 g/mol. The minimum absolute atomic E-state index is 0.397. The van der Waals surface area contributed by atoms with E-state index in [1.165, 1.54) is 0 Å². The van der Waals surface area contributed by atoms with Gasteiger partial charge >= 0.3 is 6.09 Å². The molecule has 5 heteroatoms. The highest BCUT2D eigenvalue weighted by molar-refractivity contribution is 5.88. The Bertz CT molecular complexity index is 269. The zero-order valence-corrected chi connectivity index (χ0v) is 10.4. The van der Waals surface area contributed by atoms with Crippen LogP contribution in [0.3, 0.4) is 0 Å². The molecular weight excluding hydrogens is 208 g/mol. The van der Waals surface area contributed by atoms with E-state index in [1.807, 2.05) is 6.92 Å². The maximum atomic E-state index is 11.7. The maximum Gasteiger partial charge on any atom is 0.429 e. The second-order valence-corrected chi connectivity index (χ2v) is 4.31. The molecule has 0 saturated heterocycles. The summed E-state index contributed by atoms with van der Waals surface area (Å²) in [5.41, 5.74) is 1.81. The fourth-order valence-corrected chi connectivity index (χ4v) is 0.912. The lowest BCUT2D eigenvalue weighted by Crippen LogP contribution is -2.48. The molecule has 0 heterocycles. The molecule has 0 radical (unpaired) electrons. The molecule has 0 rings (SSSR count). The molecule has 0 aromatic carbocycles. The van der Waals surface area contributed by atoms with Gasteiger partial charge in [-0.1, -0.05) is 13.5 Å². The molecular formula is C11H20N2O3. The lowest BCUT2D eigenvalue weighted by molar-refractivity contribution is -0.121. The van der Waals surface area contributed by atoms with Crippen LogP contribution in [-0.4, -0.2) is 29.2 Å². The zero-order chi connectivity index (χ0) is 12.8. The van der Waals surface area contributed by atoms with Crippen molar-refractivity contribution in [2.24, 2.45) is 0 Å². The van der Waals surface area contributed by atoms with Gasteiger partial charge in [-0.05, 0) is 33.3 Å². The van der Waals surface area contributed by atoms with E-state index in [0.29, 0.717) is 6.54 Å². The fraction of sp³-hybridized carbons (Fsp3) is 0.636. The van der Waals surface area contributed by atoms with E-state index >= 15 is 0 Å². The van der Waals surface area contributed by atoms with Gasteiger partial charge in [-0.15, -0.1) is 0 Å². The summed E-state index contributed by atoms with van der Waals surface area (Å²) in [5, 5.41) is 1.15. The van der Waals surface area contributed by atoms with Crippen molar-refractivity contribution in [1.82, 2.24) is 10.4 Å².